The Balaban J connectivity index is 4.35. The van der Waals surface area contributed by atoms with Crippen LogP contribution >= 0.6 is 0 Å². The molecule has 0 aliphatic heterocycles. The first kappa shape index (κ1) is 15.9. The largest absolute Gasteiger partial charge is 0.480 e. The number of nitrogens with two attached hydrogens (primary N) is 1. The van der Waals surface area contributed by atoms with E-state index in [-0.39, 0.29) is 24.2 Å². The predicted octanol–water partition coefficient (Wildman–Crippen LogP) is 1.40. The molecule has 3 N–H and O–H groups in total. The molecule has 0 aromatic rings. The molecule has 3 atom stereocenters. The van der Waals surface area contributed by atoms with Gasteiger partial charge in [0.25, 0.3) is 0 Å². The number of carboxylic acid groups (broad SMARTS) is 1. The van der Waals surface area contributed by atoms with Crippen molar-refractivity contribution < 1.29 is 19.4 Å². The van der Waals surface area contributed by atoms with Gasteiger partial charge in [-0.2, -0.15) is 0 Å². The molecule has 0 aliphatic rings. The highest BCUT2D eigenvalue weighted by Crippen LogP contribution is 2.20. The number of carboxylic acids is 1. The number of carbonyl (C=O) groups excluding carboxylic acids is 1. The number of hydrogen-bond donors (Lipinski definition) is 2. The Morgan fingerprint density at radius 3 is 2.12 bits per heavy atom. The lowest BCUT2D eigenvalue weighted by atomic mass is 9.90. The first-order valence-corrected chi connectivity index (χ1v) is 5.76. The van der Waals surface area contributed by atoms with Crippen molar-refractivity contribution in [2.75, 3.05) is 0 Å². The highest BCUT2D eigenvalue weighted by molar-refractivity contribution is 5.74. The van der Waals surface area contributed by atoms with Gasteiger partial charge in [0, 0.05) is 0 Å². The van der Waals surface area contributed by atoms with Crippen molar-refractivity contribution in [3.05, 3.63) is 0 Å². The van der Waals surface area contributed by atoms with Crippen LogP contribution in [0.25, 0.3) is 0 Å². The zero-order valence-corrected chi connectivity index (χ0v) is 11.2. The maximum Gasteiger partial charge on any atom is 0.320 e. The number of ether oxygens (including phenoxy) is 1. The van der Waals surface area contributed by atoms with E-state index >= 15 is 0 Å². The van der Waals surface area contributed by atoms with Crippen molar-refractivity contribution in [3.8, 4) is 0 Å². The predicted molar refractivity (Wildman–Crippen MR) is 64.4 cm³/mol. The number of carbonyl (C=O) groups is 2. The van der Waals surface area contributed by atoms with Gasteiger partial charge in [0.1, 0.15) is 11.6 Å². The highest BCUT2D eigenvalue weighted by atomic mass is 16.6. The van der Waals surface area contributed by atoms with Gasteiger partial charge >= 0.3 is 11.9 Å². The molecule has 0 aliphatic carbocycles. The van der Waals surface area contributed by atoms with E-state index in [0.717, 1.165) is 0 Å². The zero-order valence-electron chi connectivity index (χ0n) is 11.2. The average molecular weight is 245 g/mol. The molecule has 0 saturated carbocycles. The molecule has 0 spiro atoms. The second kappa shape index (κ2) is 6.00. The van der Waals surface area contributed by atoms with Crippen molar-refractivity contribution in [2.24, 2.45) is 17.6 Å². The lowest BCUT2D eigenvalue weighted by molar-refractivity contribution is -0.161. The van der Waals surface area contributed by atoms with E-state index in [0.29, 0.717) is 0 Å². The van der Waals surface area contributed by atoms with E-state index < -0.39 is 17.6 Å². The molecule has 5 nitrogen and oxygen atoms in total. The maximum absolute atomic E-state index is 11.7. The molecule has 0 aromatic carbocycles. The van der Waals surface area contributed by atoms with Gasteiger partial charge < -0.3 is 15.6 Å². The minimum Gasteiger partial charge on any atom is -0.480 e. The molecule has 0 aromatic heterocycles. The monoisotopic (exact) mass is 245 g/mol. The lowest BCUT2D eigenvalue weighted by Crippen LogP contribution is -2.36. The third-order valence-electron chi connectivity index (χ3n) is 2.58. The molecule has 2 unspecified atom stereocenters. The normalized spacial score (nSPS) is 17.1. The molecule has 100 valence electrons. The van der Waals surface area contributed by atoms with Crippen molar-refractivity contribution in [2.45, 2.75) is 52.7 Å². The van der Waals surface area contributed by atoms with E-state index in [1.54, 1.807) is 34.6 Å². The Labute approximate surface area is 102 Å². The molecule has 0 radical (unpaired) electrons. The summed E-state index contributed by atoms with van der Waals surface area (Å²) in [6.07, 6.45) is 0.260. The van der Waals surface area contributed by atoms with Crippen LogP contribution in [-0.2, 0) is 14.3 Å². The Morgan fingerprint density at radius 1 is 1.29 bits per heavy atom. The summed E-state index contributed by atoms with van der Waals surface area (Å²) in [6, 6.07) is -0.935. The fourth-order valence-electron chi connectivity index (χ4n) is 1.33. The molecule has 0 rings (SSSR count). The third-order valence-corrected chi connectivity index (χ3v) is 2.58. The molecule has 0 saturated heterocycles. The van der Waals surface area contributed by atoms with Crippen LogP contribution < -0.4 is 5.73 Å². The van der Waals surface area contributed by atoms with Crippen molar-refractivity contribution in [1.82, 2.24) is 0 Å². The van der Waals surface area contributed by atoms with E-state index in [1.807, 2.05) is 0 Å². The quantitative estimate of drug-likeness (QED) is 0.715. The van der Waals surface area contributed by atoms with Crippen LogP contribution in [-0.4, -0.2) is 28.7 Å². The van der Waals surface area contributed by atoms with Crippen LogP contribution in [0.4, 0.5) is 0 Å². The van der Waals surface area contributed by atoms with E-state index in [1.165, 1.54) is 0 Å². The highest BCUT2D eigenvalue weighted by Gasteiger charge is 2.28. The molecule has 17 heavy (non-hydrogen) atoms. The molecule has 0 bridgehead atoms. The van der Waals surface area contributed by atoms with Crippen molar-refractivity contribution in [3.63, 3.8) is 0 Å². The summed E-state index contributed by atoms with van der Waals surface area (Å²) in [5.74, 6) is -1.86. The summed E-state index contributed by atoms with van der Waals surface area (Å²) < 4.78 is 5.24. The van der Waals surface area contributed by atoms with Gasteiger partial charge in [-0.1, -0.05) is 13.8 Å². The molecule has 5 heteroatoms. The number of aliphatic carboxylic acids is 1. The first-order valence-electron chi connectivity index (χ1n) is 5.76. The van der Waals surface area contributed by atoms with Gasteiger partial charge in [-0.15, -0.1) is 0 Å². The fourth-order valence-corrected chi connectivity index (χ4v) is 1.33. The average Bonchev–Trinajstić information content (AvgIpc) is 2.13. The zero-order chi connectivity index (χ0) is 13.8. The van der Waals surface area contributed by atoms with Crippen LogP contribution in [0.2, 0.25) is 0 Å². The molecular formula is C12H23NO4. The Hall–Kier alpha value is -1.10. The van der Waals surface area contributed by atoms with E-state index in [9.17, 15) is 9.59 Å². The summed E-state index contributed by atoms with van der Waals surface area (Å²) in [6.45, 7) is 8.92. The van der Waals surface area contributed by atoms with Crippen LogP contribution in [0.1, 0.15) is 41.0 Å². The number of hydrogen-bond acceptors (Lipinski definition) is 4. The van der Waals surface area contributed by atoms with Crippen molar-refractivity contribution in [1.29, 1.82) is 0 Å². The Bertz CT molecular complexity index is 283. The van der Waals surface area contributed by atoms with Gasteiger partial charge in [0.05, 0.1) is 5.92 Å². The summed E-state index contributed by atoms with van der Waals surface area (Å²) in [7, 11) is 0. The van der Waals surface area contributed by atoms with Crippen LogP contribution in [0.3, 0.4) is 0 Å². The minimum atomic E-state index is -1.05. The van der Waals surface area contributed by atoms with Gasteiger partial charge in [-0.05, 0) is 33.1 Å². The molecule has 0 amide bonds. The second-order valence-corrected chi connectivity index (χ2v) is 5.48. The Morgan fingerprint density at radius 2 is 1.76 bits per heavy atom. The van der Waals surface area contributed by atoms with Gasteiger partial charge in [0.2, 0.25) is 0 Å². The minimum absolute atomic E-state index is 0.129. The summed E-state index contributed by atoms with van der Waals surface area (Å²) in [5, 5.41) is 8.70. The van der Waals surface area contributed by atoms with Crippen molar-refractivity contribution >= 4 is 11.9 Å². The summed E-state index contributed by atoms with van der Waals surface area (Å²) in [4.78, 5) is 22.4. The Kier molecular flexibility index (Phi) is 5.61. The third kappa shape index (κ3) is 6.26. The van der Waals surface area contributed by atoms with Gasteiger partial charge in [-0.25, -0.2) is 0 Å². The number of rotatable bonds is 5. The standard InChI is InChI=1S/C12H23NO4/c1-7(6-9(13)10(14)15)8(2)11(16)17-12(3,4)5/h7-9H,6,13H2,1-5H3,(H,14,15)/t7?,8?,9-/m0/s1. The summed E-state index contributed by atoms with van der Waals surface area (Å²) >= 11 is 0. The van der Waals surface area contributed by atoms with E-state index in [2.05, 4.69) is 0 Å². The van der Waals surface area contributed by atoms with Gasteiger partial charge in [0.15, 0.2) is 0 Å². The maximum atomic E-state index is 11.7. The number of esters is 1. The van der Waals surface area contributed by atoms with Crippen LogP contribution in [0.15, 0.2) is 0 Å². The topological polar surface area (TPSA) is 89.6 Å². The SMILES string of the molecule is CC(C[C@H](N)C(=O)O)C(C)C(=O)OC(C)(C)C. The van der Waals surface area contributed by atoms with Crippen LogP contribution in [0, 0.1) is 11.8 Å². The fraction of sp³-hybridized carbons (Fsp3) is 0.833. The van der Waals surface area contributed by atoms with Gasteiger partial charge in [-0.3, -0.25) is 9.59 Å². The second-order valence-electron chi connectivity index (χ2n) is 5.48. The van der Waals surface area contributed by atoms with Crippen LogP contribution in [0.5, 0.6) is 0 Å². The smallest absolute Gasteiger partial charge is 0.320 e. The lowest BCUT2D eigenvalue weighted by Gasteiger charge is -2.25. The first-order chi connectivity index (χ1) is 7.54. The summed E-state index contributed by atoms with van der Waals surface area (Å²) in [5.41, 5.74) is 4.90. The van der Waals surface area contributed by atoms with E-state index in [4.69, 9.17) is 15.6 Å². The molecule has 0 heterocycles. The molecular weight excluding hydrogens is 222 g/mol. The molecule has 0 fully saturated rings.